The Balaban J connectivity index is 0.000000180. The van der Waals surface area contributed by atoms with Crippen LogP contribution in [-0.2, 0) is 92.0 Å². The fraction of sp³-hybridized carbons (Fsp3) is 0.837. The summed E-state index contributed by atoms with van der Waals surface area (Å²) in [5, 5.41) is 21.3. The molecule has 0 radical (unpaired) electrons. The molecule has 0 aromatic heterocycles. The summed E-state index contributed by atoms with van der Waals surface area (Å²) < 4.78 is 58.3. The van der Waals surface area contributed by atoms with E-state index in [1.165, 1.54) is 44.9 Å². The van der Waals surface area contributed by atoms with Gasteiger partial charge in [0, 0.05) is 25.2 Å². The number of carbonyl (C=O) groups excluding carboxylic acids is 10. The van der Waals surface area contributed by atoms with Crippen LogP contribution in [0, 0.1) is 101 Å². The maximum Gasteiger partial charge on any atom is 0.344 e. The molecule has 7 atom stereocenters. The Morgan fingerprint density at radius 3 is 1.32 bits per heavy atom. The monoisotopic (exact) mass is 1810 g/mol. The molecule has 1 aromatic rings. The van der Waals surface area contributed by atoms with Gasteiger partial charge in [0.05, 0.1) is 38.8 Å². The summed E-state index contributed by atoms with van der Waals surface area (Å²) in [6.07, 6.45) is 27.1. The molecular formula is C98H155IO22. The molecule has 7 unspecified atom stereocenters. The van der Waals surface area contributed by atoms with E-state index in [1.54, 1.807) is 13.8 Å². The number of halogens is 1. The number of aliphatic hydroxyl groups is 2. The van der Waals surface area contributed by atoms with Crippen LogP contribution in [0.15, 0.2) is 30.3 Å². The fourth-order valence-corrected chi connectivity index (χ4v) is 24.3. The van der Waals surface area contributed by atoms with E-state index < -0.39 is 77.2 Å². The first kappa shape index (κ1) is 99.3. The first-order chi connectivity index (χ1) is 56.5. The summed E-state index contributed by atoms with van der Waals surface area (Å²) in [6.45, 7) is 41.0. The maximum atomic E-state index is 13.2. The number of ether oxygens (including phenoxy) is 8. The van der Waals surface area contributed by atoms with Crippen LogP contribution in [0.4, 0.5) is 0 Å². The van der Waals surface area contributed by atoms with Gasteiger partial charge in [0.2, 0.25) is 0 Å². The molecule has 23 heteroatoms. The summed E-state index contributed by atoms with van der Waals surface area (Å²) >= 11 is -3.07. The van der Waals surface area contributed by atoms with Crippen molar-refractivity contribution in [3.8, 4) is 0 Å². The van der Waals surface area contributed by atoms with Crippen molar-refractivity contribution in [2.45, 2.75) is 416 Å². The van der Waals surface area contributed by atoms with Crippen LogP contribution in [0.1, 0.15) is 364 Å². The Bertz CT molecular complexity index is 3610. The van der Waals surface area contributed by atoms with Crippen LogP contribution in [0.2, 0.25) is 0 Å². The molecule has 686 valence electrons. The average Bonchev–Trinajstić information content (AvgIpc) is 1.00. The zero-order valence-electron chi connectivity index (χ0n) is 77.7. The van der Waals surface area contributed by atoms with Gasteiger partial charge in [0.1, 0.15) is 29.0 Å². The van der Waals surface area contributed by atoms with Crippen LogP contribution in [0.25, 0.3) is 0 Å². The van der Waals surface area contributed by atoms with Gasteiger partial charge in [-0.1, -0.05) is 48.5 Å². The summed E-state index contributed by atoms with van der Waals surface area (Å²) in [6, 6.07) is 9.23. The second-order valence-electron chi connectivity index (χ2n) is 43.1. The van der Waals surface area contributed by atoms with Crippen molar-refractivity contribution in [1.29, 1.82) is 0 Å². The minimum atomic E-state index is -3.07. The van der Waals surface area contributed by atoms with E-state index >= 15 is 0 Å². The number of esters is 8. The van der Waals surface area contributed by atoms with Crippen molar-refractivity contribution in [1.82, 2.24) is 0 Å². The smallest absolute Gasteiger partial charge is 0.344 e. The van der Waals surface area contributed by atoms with Crippen LogP contribution < -0.4 is 0 Å². The number of rotatable bonds is 27. The first-order valence-electron chi connectivity index (χ1n) is 46.8. The summed E-state index contributed by atoms with van der Waals surface area (Å²) in [5.41, 5.74) is -5.48. The molecule has 13 saturated carbocycles. The number of carbonyl (C=O) groups is 10. The van der Waals surface area contributed by atoms with Gasteiger partial charge in [0.25, 0.3) is 0 Å². The standard InChI is InChI=1S/C32H47IO8.C19H32O2.C18H26O6.C16H26O4.C13H24O2/c1-7-31(3,4)29(36)38-25-18-14-22(15-19-25)27(34)40-33(24-12-10-9-11-13-24)41-28(35)23-16-20-26(21-17-23)39-30(37)32(5,6)8-2;1-6-18(4,5)17(20)21-19(12(2)3)15-8-13-7-14(10-15)11-16(19)9-13;1-4-18(2,3)17(21)22-9-14(19)24-15-11-5-10-6-12(8-11)16(20)23-13(15)7-10;1-4-13(2,3)12(17)20-16-7-11-5-14(18,9-16)8-15(19,6-11)10-16;1-5-12(3,4)11(14)15-13(6-2)9-7-8-10-13/h9-13,22-23,25-26H,7-8,14-21H2,1-6H3;12-16H,6-11H2,1-5H3;10-13,15H,4-9H2,1-3H3;11,18-19H,4-10H2,1-3H3;5-10H2,1-4H3. The van der Waals surface area contributed by atoms with Gasteiger partial charge in [0.15, 0.2) is 6.61 Å². The van der Waals surface area contributed by atoms with Gasteiger partial charge >= 0.3 is 290 Å². The van der Waals surface area contributed by atoms with E-state index in [0.717, 1.165) is 98.9 Å². The fourth-order valence-electron chi connectivity index (χ4n) is 21.2. The molecule has 15 fully saturated rings. The predicted octanol–water partition coefficient (Wildman–Crippen LogP) is 20.3. The second kappa shape index (κ2) is 40.3. The number of fused-ring (bicyclic) bond motifs is 1. The maximum absolute atomic E-state index is 13.2. The second-order valence-corrected chi connectivity index (χ2v) is 46.5. The molecule has 1 aromatic carbocycles. The third-order valence-electron chi connectivity index (χ3n) is 31.1. The first-order valence-corrected chi connectivity index (χ1v) is 49.7. The quantitative estimate of drug-likeness (QED) is 0.0470. The van der Waals surface area contributed by atoms with E-state index in [2.05, 4.69) is 27.7 Å². The molecule has 2 N–H and O–H groups in total. The van der Waals surface area contributed by atoms with Crippen molar-refractivity contribution in [3.05, 3.63) is 33.9 Å². The van der Waals surface area contributed by atoms with Crippen molar-refractivity contribution in [2.75, 3.05) is 6.61 Å². The van der Waals surface area contributed by atoms with E-state index in [0.29, 0.717) is 114 Å². The minimum Gasteiger partial charge on any atom is -0.459 e. The van der Waals surface area contributed by atoms with Gasteiger partial charge in [-0.2, -0.15) is 0 Å². The SMILES string of the molecule is CCC(C)(C)C(=O)OC1(C(C)C)C2CC3CC(C2)CC1C3.CCC(C)(C)C(=O)OC12CC3CC(O)(CC(O)(C3)C1)C2.CCC(C)(C)C(=O)OC1CCC(C(=O)OI(OC(=O)C2CCC(OC(=O)C(C)(C)CC)CC2)c2ccccc2)CC1.CCC(C)(C)C(=O)OCC(=O)OC1C2CC3CC(C2)C(=O)OC1C3.CCC1(OC(=O)C(C)(C)CC)CCCC1. The molecule has 12 bridgehead atoms. The Labute approximate surface area is 732 Å². The number of hydrogen-bond donors (Lipinski definition) is 2. The minimum absolute atomic E-state index is 0.0197. The van der Waals surface area contributed by atoms with Crippen LogP contribution in [0.3, 0.4) is 0 Å². The van der Waals surface area contributed by atoms with Crippen molar-refractivity contribution in [2.24, 2.45) is 97.6 Å². The van der Waals surface area contributed by atoms with Crippen LogP contribution in [-0.4, -0.2) is 129 Å². The zero-order chi connectivity index (χ0) is 89.4. The molecule has 16 rings (SSSR count). The van der Waals surface area contributed by atoms with E-state index in [-0.39, 0.29) is 124 Å². The van der Waals surface area contributed by atoms with Crippen molar-refractivity contribution < 1.29 is 102 Å². The van der Waals surface area contributed by atoms with Gasteiger partial charge < -0.3 is 38.6 Å². The van der Waals surface area contributed by atoms with E-state index in [9.17, 15) is 58.2 Å². The third-order valence-corrected chi connectivity index (χ3v) is 34.5. The Morgan fingerprint density at radius 1 is 0.471 bits per heavy atom. The van der Waals surface area contributed by atoms with Crippen LogP contribution >= 0.6 is 20.6 Å². The molecular weight excluding hydrogens is 1660 g/mol. The summed E-state index contributed by atoms with van der Waals surface area (Å²) in [5.74, 6) is 1.34. The molecule has 121 heavy (non-hydrogen) atoms. The Kier molecular flexibility index (Phi) is 33.1. The summed E-state index contributed by atoms with van der Waals surface area (Å²) in [7, 11) is 0. The van der Waals surface area contributed by atoms with Gasteiger partial charge in [-0.05, 0) is 232 Å². The van der Waals surface area contributed by atoms with Crippen LogP contribution in [0.5, 0.6) is 0 Å². The largest absolute Gasteiger partial charge is 0.459 e. The van der Waals surface area contributed by atoms with Crippen molar-refractivity contribution >= 4 is 80.3 Å². The molecule has 22 nitrogen and oxygen atoms in total. The molecule has 2 aliphatic heterocycles. The number of hydrogen-bond acceptors (Lipinski definition) is 22. The Morgan fingerprint density at radius 2 is 0.893 bits per heavy atom. The topological polar surface area (TPSA) is 303 Å². The average molecular weight is 1810 g/mol. The van der Waals surface area contributed by atoms with Gasteiger partial charge in [-0.3, -0.25) is 24.0 Å². The summed E-state index contributed by atoms with van der Waals surface area (Å²) in [4.78, 5) is 125. The van der Waals surface area contributed by atoms with E-state index in [1.807, 2.05) is 134 Å². The number of benzene rings is 1. The molecule has 0 amide bonds. The Hall–Kier alpha value is -5.43. The zero-order valence-corrected chi connectivity index (χ0v) is 79.9. The third kappa shape index (κ3) is 24.5. The van der Waals surface area contributed by atoms with Crippen molar-refractivity contribution in [3.63, 3.8) is 0 Å². The van der Waals surface area contributed by atoms with Gasteiger partial charge in [-0.25, -0.2) is 4.79 Å². The molecule has 2 heterocycles. The molecule has 13 aliphatic carbocycles. The molecule has 0 spiro atoms. The normalized spacial score (nSPS) is 32.3. The molecule has 15 aliphatic rings. The predicted molar refractivity (Wildman–Crippen MR) is 467 cm³/mol. The van der Waals surface area contributed by atoms with E-state index in [4.69, 9.17) is 44.0 Å². The molecule has 2 saturated heterocycles. The van der Waals surface area contributed by atoms with Gasteiger partial charge in [-0.15, -0.1) is 0 Å².